The van der Waals surface area contributed by atoms with Crippen LogP contribution in [0.2, 0.25) is 0 Å². The Balaban J connectivity index is 0.996. The molecule has 242 valence electrons. The van der Waals surface area contributed by atoms with Gasteiger partial charge in [-0.3, -0.25) is 0 Å². The summed E-state index contributed by atoms with van der Waals surface area (Å²) in [7, 11) is 0. The van der Waals surface area contributed by atoms with Gasteiger partial charge in [-0.15, -0.1) is 0 Å². The summed E-state index contributed by atoms with van der Waals surface area (Å²) in [4.78, 5) is 9.84. The van der Waals surface area contributed by atoms with E-state index in [0.717, 1.165) is 90.2 Å². The highest BCUT2D eigenvalue weighted by Gasteiger charge is 2.51. The van der Waals surface area contributed by atoms with Gasteiger partial charge in [-0.1, -0.05) is 84.9 Å². The third-order valence-electron chi connectivity index (χ3n) is 12.2. The smallest absolute Gasteiger partial charge is 0.182 e. The monoisotopic (exact) mass is 648 g/mol. The summed E-state index contributed by atoms with van der Waals surface area (Å²) >= 11 is 0. The molecule has 0 saturated heterocycles. The zero-order chi connectivity index (χ0) is 32.8. The molecule has 0 N–H and O–H groups in total. The van der Waals surface area contributed by atoms with E-state index < -0.39 is 0 Å². The van der Waals surface area contributed by atoms with Crippen LogP contribution in [0.1, 0.15) is 44.1 Å². The number of nitrogens with zero attached hydrogens (tertiary/aromatic N) is 2. The van der Waals surface area contributed by atoms with Crippen molar-refractivity contribution in [3.8, 4) is 44.8 Å². The van der Waals surface area contributed by atoms with Crippen molar-refractivity contribution in [2.45, 2.75) is 43.9 Å². The van der Waals surface area contributed by atoms with Crippen molar-refractivity contribution < 1.29 is 8.83 Å². The van der Waals surface area contributed by atoms with Crippen molar-refractivity contribution in [1.29, 1.82) is 0 Å². The molecule has 4 fully saturated rings. The number of rotatable bonds is 5. The molecule has 0 atom stereocenters. The first kappa shape index (κ1) is 28.4. The molecule has 50 heavy (non-hydrogen) atoms. The first-order valence-electron chi connectivity index (χ1n) is 18.1. The van der Waals surface area contributed by atoms with E-state index in [4.69, 9.17) is 18.8 Å². The van der Waals surface area contributed by atoms with Gasteiger partial charge in [0.1, 0.15) is 16.7 Å². The molecule has 12 rings (SSSR count). The lowest BCUT2D eigenvalue weighted by molar-refractivity contribution is -0.00515. The molecule has 0 amide bonds. The molecular weight excluding hydrogens is 613 g/mol. The van der Waals surface area contributed by atoms with Gasteiger partial charge < -0.3 is 8.83 Å². The number of hydrogen-bond acceptors (Lipinski definition) is 4. The third-order valence-corrected chi connectivity index (χ3v) is 12.2. The van der Waals surface area contributed by atoms with Crippen LogP contribution in [0.5, 0.6) is 0 Å². The fraction of sp³-hybridized carbons (Fsp3) is 0.217. The van der Waals surface area contributed by atoms with Gasteiger partial charge in [0, 0.05) is 33.0 Å². The normalized spacial score (nSPS) is 22.6. The van der Waals surface area contributed by atoms with Gasteiger partial charge in [0.25, 0.3) is 0 Å². The molecule has 4 aliphatic rings. The first-order chi connectivity index (χ1) is 24.7. The zero-order valence-corrected chi connectivity index (χ0v) is 27.8. The van der Waals surface area contributed by atoms with E-state index in [0.29, 0.717) is 5.41 Å². The average Bonchev–Trinajstić information content (AvgIpc) is 3.79. The van der Waals surface area contributed by atoms with Crippen LogP contribution >= 0.6 is 0 Å². The standard InChI is InChI=1S/C46H36N2O2/c1-3-7-31(8-4-1)40-20-34(21-41(48-40)32-9-5-2-6-10-32)36-15-16-37(45-44(36)47-27-49-45)33-11-13-38-39-14-12-35(23-43(39)50-42(38)22-33)46-24-28-17-29(25-46)19-30(18-28)26-46/h1-16,20-23,27-30H,17-19,24-26H2. The van der Waals surface area contributed by atoms with Crippen LogP contribution in [0.15, 0.2) is 137 Å². The van der Waals surface area contributed by atoms with Gasteiger partial charge in [-0.2, -0.15) is 0 Å². The van der Waals surface area contributed by atoms with Crippen molar-refractivity contribution in [3.63, 3.8) is 0 Å². The number of oxazole rings is 1. The molecule has 0 radical (unpaired) electrons. The largest absolute Gasteiger partial charge is 0.456 e. The van der Waals surface area contributed by atoms with Crippen molar-refractivity contribution in [2.24, 2.45) is 17.8 Å². The minimum atomic E-state index is 0.352. The maximum absolute atomic E-state index is 6.66. The molecule has 0 unspecified atom stereocenters. The lowest BCUT2D eigenvalue weighted by atomic mass is 9.48. The fourth-order valence-electron chi connectivity index (χ4n) is 10.3. The summed E-state index contributed by atoms with van der Waals surface area (Å²) in [6, 6.07) is 43.0. The number of furan rings is 1. The average molecular weight is 649 g/mol. The molecule has 8 aromatic rings. The van der Waals surface area contributed by atoms with Gasteiger partial charge in [-0.05, 0) is 115 Å². The Morgan fingerprint density at radius 2 is 1.14 bits per heavy atom. The highest BCUT2D eigenvalue weighted by atomic mass is 16.3. The van der Waals surface area contributed by atoms with Gasteiger partial charge >= 0.3 is 0 Å². The maximum Gasteiger partial charge on any atom is 0.182 e. The van der Waals surface area contributed by atoms with Crippen molar-refractivity contribution in [1.82, 2.24) is 9.97 Å². The number of pyridine rings is 1. The molecule has 4 heteroatoms. The van der Waals surface area contributed by atoms with E-state index in [-0.39, 0.29) is 0 Å². The van der Waals surface area contributed by atoms with E-state index >= 15 is 0 Å². The van der Waals surface area contributed by atoms with Crippen LogP contribution in [0, 0.1) is 17.8 Å². The van der Waals surface area contributed by atoms with Gasteiger partial charge in [0.2, 0.25) is 0 Å². The Kier molecular flexibility index (Phi) is 6.10. The summed E-state index contributed by atoms with van der Waals surface area (Å²) in [6.45, 7) is 0. The van der Waals surface area contributed by atoms with Crippen LogP contribution in [0.3, 0.4) is 0 Å². The molecule has 3 aromatic heterocycles. The maximum atomic E-state index is 6.66. The Hall–Kier alpha value is -5.48. The van der Waals surface area contributed by atoms with E-state index in [1.165, 1.54) is 49.5 Å². The second kappa shape index (κ2) is 10.8. The van der Waals surface area contributed by atoms with E-state index in [1.807, 2.05) is 12.1 Å². The molecule has 4 saturated carbocycles. The van der Waals surface area contributed by atoms with E-state index in [9.17, 15) is 0 Å². The Morgan fingerprint density at radius 3 is 1.80 bits per heavy atom. The van der Waals surface area contributed by atoms with Gasteiger partial charge in [-0.25, -0.2) is 9.97 Å². The van der Waals surface area contributed by atoms with Crippen LogP contribution in [0.4, 0.5) is 0 Å². The van der Waals surface area contributed by atoms with E-state index in [1.54, 1.807) is 6.39 Å². The molecular formula is C46H36N2O2. The number of hydrogen-bond donors (Lipinski definition) is 0. The molecule has 5 aromatic carbocycles. The van der Waals surface area contributed by atoms with Gasteiger partial charge in [0.05, 0.1) is 11.4 Å². The Bertz CT molecular complexity index is 2490. The van der Waals surface area contributed by atoms with Gasteiger partial charge in [0.15, 0.2) is 12.0 Å². The predicted octanol–water partition coefficient (Wildman–Crippen LogP) is 12.3. The minimum absolute atomic E-state index is 0.352. The number of benzene rings is 5. The van der Waals surface area contributed by atoms with Crippen LogP contribution in [-0.4, -0.2) is 9.97 Å². The summed E-state index contributed by atoms with van der Waals surface area (Å²) < 4.78 is 12.8. The topological polar surface area (TPSA) is 52.1 Å². The SMILES string of the molecule is c1ccc(-c2cc(-c3ccc(-c4ccc5c(c4)oc4cc(C67CC8CC(CC(C8)C6)C7)ccc45)c4ocnc34)cc(-c3ccccc3)n2)cc1. The second-order valence-electron chi connectivity index (χ2n) is 15.3. The zero-order valence-electron chi connectivity index (χ0n) is 27.8. The molecule has 4 bridgehead atoms. The molecule has 3 heterocycles. The highest BCUT2D eigenvalue weighted by Crippen LogP contribution is 2.61. The van der Waals surface area contributed by atoms with Crippen LogP contribution < -0.4 is 0 Å². The Morgan fingerprint density at radius 1 is 0.540 bits per heavy atom. The first-order valence-corrected chi connectivity index (χ1v) is 18.1. The van der Waals surface area contributed by atoms with Crippen LogP contribution in [0.25, 0.3) is 77.8 Å². The van der Waals surface area contributed by atoms with Crippen LogP contribution in [-0.2, 0) is 5.41 Å². The van der Waals surface area contributed by atoms with Crippen molar-refractivity contribution >= 4 is 33.0 Å². The summed E-state index contributed by atoms with van der Waals surface area (Å²) in [5, 5.41) is 2.35. The lowest BCUT2D eigenvalue weighted by Gasteiger charge is -2.57. The number of fused-ring (bicyclic) bond motifs is 4. The quantitative estimate of drug-likeness (QED) is 0.186. The minimum Gasteiger partial charge on any atom is -0.456 e. The van der Waals surface area contributed by atoms with Crippen molar-refractivity contribution in [3.05, 3.63) is 133 Å². The molecule has 0 spiro atoms. The van der Waals surface area contributed by atoms with E-state index in [2.05, 4.69) is 109 Å². The lowest BCUT2D eigenvalue weighted by Crippen LogP contribution is -2.48. The molecule has 0 aliphatic heterocycles. The Labute approximate surface area is 290 Å². The molecule has 4 nitrogen and oxygen atoms in total. The summed E-state index contributed by atoms with van der Waals surface area (Å²) in [6.07, 6.45) is 10.0. The number of aromatic nitrogens is 2. The highest BCUT2D eigenvalue weighted by molar-refractivity contribution is 6.07. The second-order valence-corrected chi connectivity index (χ2v) is 15.3. The van der Waals surface area contributed by atoms with Crippen molar-refractivity contribution in [2.75, 3.05) is 0 Å². The molecule has 4 aliphatic carbocycles. The predicted molar refractivity (Wildman–Crippen MR) is 201 cm³/mol. The summed E-state index contributed by atoms with van der Waals surface area (Å²) in [5.41, 5.74) is 13.5. The third kappa shape index (κ3) is 4.44. The fourth-order valence-corrected chi connectivity index (χ4v) is 10.3. The summed E-state index contributed by atoms with van der Waals surface area (Å²) in [5.74, 6) is 2.76.